The van der Waals surface area contributed by atoms with Crippen molar-refractivity contribution in [2.75, 3.05) is 27.2 Å². The quantitative estimate of drug-likeness (QED) is 0.758. The van der Waals surface area contributed by atoms with Crippen molar-refractivity contribution in [1.82, 2.24) is 9.80 Å². The van der Waals surface area contributed by atoms with Crippen molar-refractivity contribution in [3.8, 4) is 0 Å². The predicted molar refractivity (Wildman–Crippen MR) is 70.9 cm³/mol. The minimum Gasteiger partial charge on any atom is -0.337 e. The first-order valence-electron chi connectivity index (χ1n) is 6.06. The van der Waals surface area contributed by atoms with Gasteiger partial charge in [0.05, 0.1) is 5.25 Å². The molecule has 3 nitrogen and oxygen atoms in total. The number of likely N-dealkylation sites (tertiary alicyclic amines) is 1. The number of hydrogen-bond donors (Lipinski definition) is 1. The molecular weight excluding hydrogens is 220 g/mol. The zero-order chi connectivity index (χ0) is 12.3. The van der Waals surface area contributed by atoms with Crippen LogP contribution in [0.4, 0.5) is 0 Å². The van der Waals surface area contributed by atoms with E-state index in [1.807, 2.05) is 18.7 Å². The first-order valence-corrected chi connectivity index (χ1v) is 6.58. The van der Waals surface area contributed by atoms with Crippen LogP contribution in [0, 0.1) is 5.92 Å². The largest absolute Gasteiger partial charge is 0.337 e. The second-order valence-electron chi connectivity index (χ2n) is 5.28. The van der Waals surface area contributed by atoms with E-state index in [1.54, 1.807) is 0 Å². The van der Waals surface area contributed by atoms with Crippen molar-refractivity contribution in [3.05, 3.63) is 0 Å². The summed E-state index contributed by atoms with van der Waals surface area (Å²) in [6.07, 6.45) is 2.26. The number of likely N-dealkylation sites (N-methyl/N-ethyl adjacent to an activating group) is 1. The topological polar surface area (TPSA) is 23.6 Å². The highest BCUT2D eigenvalue weighted by Crippen LogP contribution is 2.22. The third kappa shape index (κ3) is 3.39. The molecule has 1 fully saturated rings. The Kier molecular flexibility index (Phi) is 5.12. The number of carbonyl (C=O) groups is 1. The fraction of sp³-hybridized carbons (Fsp3) is 0.917. The molecule has 1 amide bonds. The lowest BCUT2D eigenvalue weighted by atomic mass is 10.1. The summed E-state index contributed by atoms with van der Waals surface area (Å²) >= 11 is 4.42. The molecule has 0 spiro atoms. The van der Waals surface area contributed by atoms with Gasteiger partial charge in [-0.3, -0.25) is 4.79 Å². The molecule has 4 heteroatoms. The van der Waals surface area contributed by atoms with Crippen LogP contribution in [0.25, 0.3) is 0 Å². The van der Waals surface area contributed by atoms with Gasteiger partial charge < -0.3 is 9.80 Å². The fourth-order valence-corrected chi connectivity index (χ4v) is 2.34. The summed E-state index contributed by atoms with van der Waals surface area (Å²) in [5.41, 5.74) is 0. The molecule has 0 saturated carbocycles. The molecule has 1 heterocycles. The van der Waals surface area contributed by atoms with Crippen molar-refractivity contribution in [3.63, 3.8) is 0 Å². The zero-order valence-electron chi connectivity index (χ0n) is 10.8. The molecule has 1 saturated heterocycles. The number of nitrogens with zero attached hydrogens (tertiary/aromatic N) is 2. The van der Waals surface area contributed by atoms with Crippen LogP contribution in [0.2, 0.25) is 0 Å². The monoisotopic (exact) mass is 244 g/mol. The van der Waals surface area contributed by atoms with Crippen LogP contribution in [0.1, 0.15) is 26.7 Å². The van der Waals surface area contributed by atoms with E-state index in [4.69, 9.17) is 0 Å². The average molecular weight is 244 g/mol. The Labute approximate surface area is 105 Å². The van der Waals surface area contributed by atoms with Gasteiger partial charge in [0, 0.05) is 19.1 Å². The first kappa shape index (κ1) is 13.8. The maximum atomic E-state index is 12.2. The van der Waals surface area contributed by atoms with Gasteiger partial charge in [-0.15, -0.1) is 0 Å². The minimum atomic E-state index is -0.150. The van der Waals surface area contributed by atoms with Crippen LogP contribution < -0.4 is 0 Å². The van der Waals surface area contributed by atoms with Gasteiger partial charge in [-0.1, -0.05) is 13.8 Å². The molecule has 1 rings (SSSR count). The molecule has 0 radical (unpaired) electrons. The van der Waals surface area contributed by atoms with E-state index in [-0.39, 0.29) is 11.2 Å². The lowest BCUT2D eigenvalue weighted by Crippen LogP contribution is -2.45. The summed E-state index contributed by atoms with van der Waals surface area (Å²) in [5.74, 6) is 0.513. The van der Waals surface area contributed by atoms with Gasteiger partial charge in [0.2, 0.25) is 5.91 Å². The van der Waals surface area contributed by atoms with Crippen LogP contribution in [0.5, 0.6) is 0 Å². The number of rotatable bonds is 4. The molecule has 0 aromatic carbocycles. The maximum absolute atomic E-state index is 12.2. The second-order valence-corrected chi connectivity index (χ2v) is 5.84. The maximum Gasteiger partial charge on any atom is 0.235 e. The van der Waals surface area contributed by atoms with Crippen molar-refractivity contribution in [2.24, 2.45) is 5.92 Å². The third-order valence-corrected chi connectivity index (χ3v) is 3.94. The van der Waals surface area contributed by atoms with Crippen LogP contribution in [0.15, 0.2) is 0 Å². The van der Waals surface area contributed by atoms with E-state index in [1.165, 1.54) is 0 Å². The molecule has 0 bridgehead atoms. The predicted octanol–water partition coefficient (Wildman–Crippen LogP) is 1.49. The highest BCUT2D eigenvalue weighted by molar-refractivity contribution is 7.81. The molecule has 2 atom stereocenters. The van der Waals surface area contributed by atoms with Crippen LogP contribution >= 0.6 is 12.6 Å². The van der Waals surface area contributed by atoms with Gasteiger partial charge >= 0.3 is 0 Å². The molecule has 0 aliphatic carbocycles. The van der Waals surface area contributed by atoms with Crippen molar-refractivity contribution in [1.29, 1.82) is 0 Å². The van der Waals surface area contributed by atoms with Crippen LogP contribution in [-0.2, 0) is 4.79 Å². The van der Waals surface area contributed by atoms with Gasteiger partial charge in [-0.2, -0.15) is 12.6 Å². The molecule has 2 unspecified atom stereocenters. The van der Waals surface area contributed by atoms with Gasteiger partial charge in [0.25, 0.3) is 0 Å². The fourth-order valence-electron chi connectivity index (χ4n) is 2.19. The van der Waals surface area contributed by atoms with Crippen molar-refractivity contribution in [2.45, 2.75) is 38.0 Å². The lowest BCUT2D eigenvalue weighted by molar-refractivity contribution is -0.132. The third-order valence-electron chi connectivity index (χ3n) is 3.12. The lowest BCUT2D eigenvalue weighted by Gasteiger charge is -2.30. The van der Waals surface area contributed by atoms with Crippen molar-refractivity contribution >= 4 is 18.5 Å². The Bertz CT molecular complexity index is 243. The number of amides is 1. The Morgan fingerprint density at radius 1 is 1.50 bits per heavy atom. The van der Waals surface area contributed by atoms with E-state index in [9.17, 15) is 4.79 Å². The Hall–Kier alpha value is -0.220. The van der Waals surface area contributed by atoms with Crippen molar-refractivity contribution < 1.29 is 4.79 Å². The summed E-state index contributed by atoms with van der Waals surface area (Å²) < 4.78 is 0. The van der Waals surface area contributed by atoms with E-state index in [2.05, 4.69) is 31.6 Å². The standard InChI is InChI=1S/C12H24N2OS/c1-9(2)11(16)12(15)14-7-5-6-10(14)8-13(3)4/h9-11,16H,5-8H2,1-4H3. The zero-order valence-corrected chi connectivity index (χ0v) is 11.7. The molecule has 0 aromatic rings. The van der Waals surface area contributed by atoms with E-state index >= 15 is 0 Å². The summed E-state index contributed by atoms with van der Waals surface area (Å²) in [5, 5.41) is -0.150. The number of hydrogen-bond acceptors (Lipinski definition) is 3. The summed E-state index contributed by atoms with van der Waals surface area (Å²) in [6, 6.07) is 0.385. The van der Waals surface area contributed by atoms with Crippen LogP contribution in [0.3, 0.4) is 0 Å². The van der Waals surface area contributed by atoms with Crippen LogP contribution in [-0.4, -0.2) is 54.2 Å². The van der Waals surface area contributed by atoms with Gasteiger partial charge in [0.15, 0.2) is 0 Å². The molecule has 1 aliphatic rings. The Morgan fingerprint density at radius 3 is 2.62 bits per heavy atom. The second kappa shape index (κ2) is 5.92. The Balaban J connectivity index is 2.60. The van der Waals surface area contributed by atoms with E-state index < -0.39 is 0 Å². The van der Waals surface area contributed by atoms with E-state index in [0.29, 0.717) is 12.0 Å². The molecular formula is C12H24N2OS. The highest BCUT2D eigenvalue weighted by Gasteiger charge is 2.32. The Morgan fingerprint density at radius 2 is 2.12 bits per heavy atom. The molecule has 0 aromatic heterocycles. The molecule has 16 heavy (non-hydrogen) atoms. The normalized spacial score (nSPS) is 23.2. The van der Waals surface area contributed by atoms with E-state index in [0.717, 1.165) is 25.9 Å². The van der Waals surface area contributed by atoms with Gasteiger partial charge in [-0.05, 0) is 32.9 Å². The number of thiol groups is 1. The summed E-state index contributed by atoms with van der Waals surface area (Å²) in [7, 11) is 4.11. The first-order chi connectivity index (χ1) is 7.43. The summed E-state index contributed by atoms with van der Waals surface area (Å²) in [4.78, 5) is 16.4. The minimum absolute atomic E-state index is 0.150. The summed E-state index contributed by atoms with van der Waals surface area (Å²) in [6.45, 7) is 5.96. The molecule has 1 aliphatic heterocycles. The molecule has 0 N–H and O–H groups in total. The smallest absolute Gasteiger partial charge is 0.235 e. The number of carbonyl (C=O) groups excluding carboxylic acids is 1. The SMILES string of the molecule is CC(C)C(S)C(=O)N1CCCC1CN(C)C. The van der Waals surface area contributed by atoms with Gasteiger partial charge in [0.1, 0.15) is 0 Å². The average Bonchev–Trinajstić information content (AvgIpc) is 2.62. The highest BCUT2D eigenvalue weighted by atomic mass is 32.1. The van der Waals surface area contributed by atoms with Gasteiger partial charge in [-0.25, -0.2) is 0 Å². The molecule has 94 valence electrons.